The summed E-state index contributed by atoms with van der Waals surface area (Å²) < 4.78 is 6.02. The Morgan fingerprint density at radius 1 is 0.960 bits per heavy atom. The smallest absolute Gasteiger partial charge is 0.411 e. The molecule has 4 heteroatoms. The number of amides is 1. The lowest BCUT2D eigenvalue weighted by molar-refractivity contribution is -0.936. The van der Waals surface area contributed by atoms with E-state index in [9.17, 15) is 4.79 Å². The number of carbonyl (C=O) groups is 1. The molecule has 136 valence electrons. The fourth-order valence-corrected chi connectivity index (χ4v) is 5.50. The van der Waals surface area contributed by atoms with Crippen molar-refractivity contribution < 1.29 is 14.4 Å². The molecule has 2 bridgehead atoms. The van der Waals surface area contributed by atoms with Crippen LogP contribution in [0.25, 0.3) is 0 Å². The van der Waals surface area contributed by atoms with Gasteiger partial charge in [0.1, 0.15) is 6.10 Å². The van der Waals surface area contributed by atoms with Gasteiger partial charge in [0.25, 0.3) is 0 Å². The van der Waals surface area contributed by atoms with Gasteiger partial charge in [-0.2, -0.15) is 0 Å². The topological polar surface area (TPSA) is 42.8 Å². The van der Waals surface area contributed by atoms with Crippen LogP contribution in [0.5, 0.6) is 0 Å². The van der Waals surface area contributed by atoms with Gasteiger partial charge in [0, 0.05) is 18.0 Å². The van der Waals surface area contributed by atoms with E-state index in [1.807, 2.05) is 30.3 Å². The standard InChI is InChI=1S/C21H30N2O2/c24-21(22-17-9-3-1-4-10-17)25-20-16-8-7-11-18(20)19(13-12-16)23-14-5-2-6-15-23/h1,3-4,9-10,16,18-20H,2,5-8,11-15H2,(H,22,24)/p+1/t16-,18+,19+,20+/m0/s1. The third kappa shape index (κ3) is 3.84. The van der Waals surface area contributed by atoms with Crippen LogP contribution in [0.4, 0.5) is 10.5 Å². The average Bonchev–Trinajstić information content (AvgIpc) is 2.63. The molecule has 0 aromatic heterocycles. The Kier molecular flexibility index (Phi) is 5.25. The lowest BCUT2D eigenvalue weighted by Gasteiger charge is -2.48. The predicted molar refractivity (Wildman–Crippen MR) is 98.7 cm³/mol. The Morgan fingerprint density at radius 3 is 2.56 bits per heavy atom. The van der Waals surface area contributed by atoms with Crippen LogP contribution in [-0.4, -0.2) is 31.3 Å². The van der Waals surface area contributed by atoms with E-state index in [0.717, 1.165) is 5.69 Å². The Bertz CT molecular complexity index is 571. The highest BCUT2D eigenvalue weighted by Crippen LogP contribution is 2.41. The minimum atomic E-state index is -0.276. The molecule has 1 aliphatic heterocycles. The Hall–Kier alpha value is -1.55. The molecule has 2 aliphatic carbocycles. The molecule has 2 N–H and O–H groups in total. The van der Waals surface area contributed by atoms with E-state index in [4.69, 9.17) is 4.74 Å². The number of hydrogen-bond acceptors (Lipinski definition) is 2. The van der Waals surface area contributed by atoms with Gasteiger partial charge in [0.05, 0.1) is 19.1 Å². The van der Waals surface area contributed by atoms with Crippen molar-refractivity contribution in [3.8, 4) is 0 Å². The summed E-state index contributed by atoms with van der Waals surface area (Å²) >= 11 is 0. The SMILES string of the molecule is O=C(Nc1ccccc1)O[C@@H]1[C@H]2CCC[C@@H]1[C@H]([NH+]1CCCCC1)CC2. The first-order valence-electron chi connectivity index (χ1n) is 10.2. The molecule has 4 atom stereocenters. The molecule has 3 fully saturated rings. The molecule has 1 heterocycles. The van der Waals surface area contributed by atoms with Crippen molar-refractivity contribution in [1.82, 2.24) is 0 Å². The van der Waals surface area contributed by atoms with Crippen molar-refractivity contribution in [2.45, 2.75) is 63.5 Å². The average molecular weight is 343 g/mol. The lowest BCUT2D eigenvalue weighted by atomic mass is 9.67. The summed E-state index contributed by atoms with van der Waals surface area (Å²) in [6, 6.07) is 10.3. The van der Waals surface area contributed by atoms with E-state index in [1.54, 1.807) is 4.90 Å². The van der Waals surface area contributed by atoms with Crippen LogP contribution in [-0.2, 0) is 4.74 Å². The largest absolute Gasteiger partial charge is 0.445 e. The number of nitrogens with one attached hydrogen (secondary N) is 2. The monoisotopic (exact) mass is 343 g/mol. The van der Waals surface area contributed by atoms with Gasteiger partial charge >= 0.3 is 6.09 Å². The molecule has 1 aromatic rings. The maximum absolute atomic E-state index is 12.5. The molecule has 0 unspecified atom stereocenters. The quantitative estimate of drug-likeness (QED) is 0.885. The van der Waals surface area contributed by atoms with Crippen molar-refractivity contribution >= 4 is 11.8 Å². The predicted octanol–water partition coefficient (Wildman–Crippen LogP) is 3.25. The van der Waals surface area contributed by atoms with Gasteiger partial charge in [-0.05, 0) is 56.6 Å². The Balaban J connectivity index is 1.42. The number of benzene rings is 1. The highest BCUT2D eigenvalue weighted by Gasteiger charge is 2.48. The number of anilines is 1. The van der Waals surface area contributed by atoms with E-state index in [-0.39, 0.29) is 12.2 Å². The van der Waals surface area contributed by atoms with Crippen molar-refractivity contribution in [1.29, 1.82) is 0 Å². The summed E-state index contributed by atoms with van der Waals surface area (Å²) in [6.45, 7) is 2.63. The minimum Gasteiger partial charge on any atom is -0.445 e. The van der Waals surface area contributed by atoms with Gasteiger partial charge in [0.2, 0.25) is 0 Å². The molecule has 0 radical (unpaired) electrons. The highest BCUT2D eigenvalue weighted by molar-refractivity contribution is 5.84. The van der Waals surface area contributed by atoms with E-state index in [2.05, 4.69) is 5.32 Å². The van der Waals surface area contributed by atoms with Gasteiger partial charge in [-0.15, -0.1) is 0 Å². The van der Waals surface area contributed by atoms with Gasteiger partial charge < -0.3 is 9.64 Å². The third-order valence-electron chi connectivity index (χ3n) is 6.65. The number of hydrogen-bond donors (Lipinski definition) is 2. The molecule has 1 aromatic carbocycles. The van der Waals surface area contributed by atoms with Crippen LogP contribution in [0.2, 0.25) is 0 Å². The van der Waals surface area contributed by atoms with E-state index in [1.165, 1.54) is 64.5 Å². The van der Waals surface area contributed by atoms with E-state index < -0.39 is 0 Å². The first kappa shape index (κ1) is 16.9. The van der Waals surface area contributed by atoms with Crippen molar-refractivity contribution in [3.63, 3.8) is 0 Å². The number of quaternary nitrogens is 1. The molecular formula is C21H31N2O2+. The maximum Gasteiger partial charge on any atom is 0.411 e. The lowest BCUT2D eigenvalue weighted by Crippen LogP contribution is -3.17. The zero-order valence-corrected chi connectivity index (χ0v) is 15.1. The molecule has 1 amide bonds. The summed E-state index contributed by atoms with van der Waals surface area (Å²) in [6.07, 6.45) is 10.3. The van der Waals surface area contributed by atoms with Crippen LogP contribution in [0.1, 0.15) is 51.4 Å². The number of carbonyl (C=O) groups excluding carboxylic acids is 1. The molecule has 25 heavy (non-hydrogen) atoms. The van der Waals surface area contributed by atoms with E-state index >= 15 is 0 Å². The van der Waals surface area contributed by atoms with Crippen LogP contribution in [0.15, 0.2) is 30.3 Å². The number of para-hydroxylation sites is 1. The number of ether oxygens (including phenoxy) is 1. The molecule has 1 saturated heterocycles. The summed E-state index contributed by atoms with van der Waals surface area (Å²) in [5.41, 5.74) is 0.812. The van der Waals surface area contributed by atoms with Crippen LogP contribution in [0, 0.1) is 11.8 Å². The number of rotatable bonds is 3. The van der Waals surface area contributed by atoms with Gasteiger partial charge in [-0.1, -0.05) is 24.6 Å². The first-order valence-corrected chi connectivity index (χ1v) is 10.2. The molecule has 3 aliphatic rings. The fourth-order valence-electron chi connectivity index (χ4n) is 5.50. The zero-order valence-electron chi connectivity index (χ0n) is 15.1. The first-order chi connectivity index (χ1) is 12.3. The normalized spacial score (nSPS) is 32.8. The second kappa shape index (κ2) is 7.77. The number of likely N-dealkylation sites (tertiary alicyclic amines) is 1. The summed E-state index contributed by atoms with van der Waals surface area (Å²) in [5, 5.41) is 2.90. The highest BCUT2D eigenvalue weighted by atomic mass is 16.6. The van der Waals surface area contributed by atoms with Crippen molar-refractivity contribution in [3.05, 3.63) is 30.3 Å². The van der Waals surface area contributed by atoms with E-state index in [0.29, 0.717) is 17.9 Å². The summed E-state index contributed by atoms with van der Waals surface area (Å²) in [4.78, 5) is 14.2. The molecule has 0 spiro atoms. The zero-order chi connectivity index (χ0) is 17.1. The van der Waals surface area contributed by atoms with Gasteiger partial charge in [-0.25, -0.2) is 4.79 Å². The minimum absolute atomic E-state index is 0.116. The van der Waals surface area contributed by atoms with Gasteiger partial charge in [-0.3, -0.25) is 5.32 Å². The molecule has 4 rings (SSSR count). The van der Waals surface area contributed by atoms with Crippen molar-refractivity contribution in [2.75, 3.05) is 18.4 Å². The Morgan fingerprint density at radius 2 is 1.76 bits per heavy atom. The third-order valence-corrected chi connectivity index (χ3v) is 6.65. The van der Waals surface area contributed by atoms with Crippen LogP contribution >= 0.6 is 0 Å². The molecular weight excluding hydrogens is 312 g/mol. The second-order valence-electron chi connectivity index (χ2n) is 8.12. The fraction of sp³-hybridized carbons (Fsp3) is 0.667. The number of fused-ring (bicyclic) bond motifs is 2. The molecule has 2 saturated carbocycles. The summed E-state index contributed by atoms with van der Waals surface area (Å²) in [7, 11) is 0. The summed E-state index contributed by atoms with van der Waals surface area (Å²) in [5.74, 6) is 1.13. The van der Waals surface area contributed by atoms with Crippen molar-refractivity contribution in [2.24, 2.45) is 11.8 Å². The molecule has 4 nitrogen and oxygen atoms in total. The maximum atomic E-state index is 12.5. The number of piperidine rings is 1. The van der Waals surface area contributed by atoms with Crippen LogP contribution < -0.4 is 10.2 Å². The van der Waals surface area contributed by atoms with Crippen LogP contribution in [0.3, 0.4) is 0 Å². The van der Waals surface area contributed by atoms with Gasteiger partial charge in [0.15, 0.2) is 0 Å². The second-order valence-corrected chi connectivity index (χ2v) is 8.12. The Labute approximate surface area is 150 Å².